The smallest absolute Gasteiger partial charge is 0.227 e. The molecular formula is C12H14N2O. The maximum absolute atomic E-state index is 11.5. The van der Waals surface area contributed by atoms with Crippen LogP contribution in [0.15, 0.2) is 24.3 Å². The maximum atomic E-state index is 11.5. The molecule has 0 heterocycles. The van der Waals surface area contributed by atoms with Gasteiger partial charge in [0.15, 0.2) is 0 Å². The number of carbonyl (C=O) groups excluding carboxylic acids is 1. The van der Waals surface area contributed by atoms with Gasteiger partial charge in [0.2, 0.25) is 5.91 Å². The number of nitrogens with zero attached hydrogens (tertiary/aromatic N) is 1. The van der Waals surface area contributed by atoms with Crippen LogP contribution in [0.25, 0.3) is 0 Å². The van der Waals surface area contributed by atoms with E-state index in [1.54, 1.807) is 24.3 Å². The molecule has 0 aliphatic rings. The van der Waals surface area contributed by atoms with Gasteiger partial charge in [-0.3, -0.25) is 4.79 Å². The van der Waals surface area contributed by atoms with Crippen molar-refractivity contribution < 1.29 is 4.79 Å². The summed E-state index contributed by atoms with van der Waals surface area (Å²) < 4.78 is 0. The molecule has 0 fully saturated rings. The van der Waals surface area contributed by atoms with Crippen LogP contribution in [0.4, 0.5) is 5.69 Å². The molecule has 1 rings (SSSR count). The molecule has 1 N–H and O–H groups in total. The van der Waals surface area contributed by atoms with Gasteiger partial charge in [0.05, 0.1) is 11.6 Å². The Hall–Kier alpha value is -1.82. The van der Waals surface area contributed by atoms with Gasteiger partial charge in [-0.15, -0.1) is 0 Å². The van der Waals surface area contributed by atoms with Crippen molar-refractivity contribution in [3.05, 3.63) is 29.8 Å². The van der Waals surface area contributed by atoms with E-state index in [1.165, 1.54) is 0 Å². The molecule has 0 aliphatic carbocycles. The fourth-order valence-corrected chi connectivity index (χ4v) is 1.08. The molecular weight excluding hydrogens is 188 g/mol. The van der Waals surface area contributed by atoms with Crippen LogP contribution < -0.4 is 5.32 Å². The van der Waals surface area contributed by atoms with Crippen LogP contribution in [0.5, 0.6) is 0 Å². The molecule has 0 radical (unpaired) electrons. The molecule has 0 saturated carbocycles. The average Bonchev–Trinajstić information content (AvgIpc) is 2.29. The Labute approximate surface area is 89.7 Å². The quantitative estimate of drug-likeness (QED) is 0.818. The lowest BCUT2D eigenvalue weighted by Gasteiger charge is -2.09. The lowest BCUT2D eigenvalue weighted by molar-refractivity contribution is -0.119. The minimum absolute atomic E-state index is 0.0145. The van der Waals surface area contributed by atoms with Crippen LogP contribution in [-0.4, -0.2) is 5.91 Å². The van der Waals surface area contributed by atoms with Gasteiger partial charge in [0.1, 0.15) is 0 Å². The van der Waals surface area contributed by atoms with Gasteiger partial charge >= 0.3 is 0 Å². The van der Waals surface area contributed by atoms with E-state index in [9.17, 15) is 4.79 Å². The first-order valence-electron chi connectivity index (χ1n) is 4.98. The standard InChI is InChI=1S/C12H14N2O/c1-3-9(2)12(15)14-11-6-4-10(8-13)5-7-11/h4-7,9H,3H2,1-2H3,(H,14,15)/t9-/m0/s1. The van der Waals surface area contributed by atoms with Crippen LogP contribution >= 0.6 is 0 Å². The first kappa shape index (κ1) is 11.3. The third-order valence-electron chi connectivity index (χ3n) is 2.34. The van der Waals surface area contributed by atoms with E-state index in [2.05, 4.69) is 5.32 Å². The first-order valence-corrected chi connectivity index (χ1v) is 4.98. The Bertz CT molecular complexity index is 376. The third kappa shape index (κ3) is 3.10. The number of hydrogen-bond donors (Lipinski definition) is 1. The summed E-state index contributed by atoms with van der Waals surface area (Å²) in [5, 5.41) is 11.4. The third-order valence-corrected chi connectivity index (χ3v) is 2.34. The van der Waals surface area contributed by atoms with Crippen molar-refractivity contribution in [2.75, 3.05) is 5.32 Å². The molecule has 0 aliphatic heterocycles. The fourth-order valence-electron chi connectivity index (χ4n) is 1.08. The van der Waals surface area contributed by atoms with Gasteiger partial charge < -0.3 is 5.32 Å². The molecule has 0 spiro atoms. The van der Waals surface area contributed by atoms with Gasteiger partial charge in [-0.1, -0.05) is 13.8 Å². The van der Waals surface area contributed by atoms with E-state index in [-0.39, 0.29) is 11.8 Å². The van der Waals surface area contributed by atoms with Crippen molar-refractivity contribution in [3.8, 4) is 6.07 Å². The minimum Gasteiger partial charge on any atom is -0.326 e. The van der Waals surface area contributed by atoms with Crippen molar-refractivity contribution in [2.45, 2.75) is 20.3 Å². The van der Waals surface area contributed by atoms with E-state index in [1.807, 2.05) is 19.9 Å². The van der Waals surface area contributed by atoms with Crippen molar-refractivity contribution in [1.82, 2.24) is 0 Å². The summed E-state index contributed by atoms with van der Waals surface area (Å²) >= 11 is 0. The van der Waals surface area contributed by atoms with Crippen LogP contribution in [0.2, 0.25) is 0 Å². The normalized spacial score (nSPS) is 11.5. The van der Waals surface area contributed by atoms with Gasteiger partial charge in [0.25, 0.3) is 0 Å². The second kappa shape index (κ2) is 5.16. The van der Waals surface area contributed by atoms with E-state index in [0.717, 1.165) is 12.1 Å². The molecule has 3 heteroatoms. The number of benzene rings is 1. The molecule has 1 atom stereocenters. The Morgan fingerprint density at radius 2 is 2.07 bits per heavy atom. The van der Waals surface area contributed by atoms with Crippen molar-refractivity contribution in [3.63, 3.8) is 0 Å². The average molecular weight is 202 g/mol. The van der Waals surface area contributed by atoms with Gasteiger partial charge in [-0.25, -0.2) is 0 Å². The molecule has 3 nitrogen and oxygen atoms in total. The molecule has 0 bridgehead atoms. The lowest BCUT2D eigenvalue weighted by atomic mass is 10.1. The molecule has 78 valence electrons. The van der Waals surface area contributed by atoms with E-state index < -0.39 is 0 Å². The Balaban J connectivity index is 2.66. The van der Waals surface area contributed by atoms with Gasteiger partial charge in [-0.05, 0) is 30.7 Å². The summed E-state index contributed by atoms with van der Waals surface area (Å²) in [5.41, 5.74) is 1.33. The summed E-state index contributed by atoms with van der Waals surface area (Å²) in [7, 11) is 0. The number of rotatable bonds is 3. The zero-order chi connectivity index (χ0) is 11.3. The second-order valence-corrected chi connectivity index (χ2v) is 3.49. The zero-order valence-corrected chi connectivity index (χ0v) is 8.95. The zero-order valence-electron chi connectivity index (χ0n) is 8.95. The maximum Gasteiger partial charge on any atom is 0.227 e. The Morgan fingerprint density at radius 1 is 1.47 bits per heavy atom. The van der Waals surface area contributed by atoms with E-state index >= 15 is 0 Å². The number of nitriles is 1. The highest BCUT2D eigenvalue weighted by Crippen LogP contribution is 2.11. The number of amides is 1. The number of anilines is 1. The van der Waals surface area contributed by atoms with Crippen LogP contribution in [0, 0.1) is 17.2 Å². The highest BCUT2D eigenvalue weighted by molar-refractivity contribution is 5.92. The largest absolute Gasteiger partial charge is 0.326 e. The highest BCUT2D eigenvalue weighted by atomic mass is 16.1. The monoisotopic (exact) mass is 202 g/mol. The molecule has 15 heavy (non-hydrogen) atoms. The van der Waals surface area contributed by atoms with Crippen molar-refractivity contribution in [1.29, 1.82) is 5.26 Å². The van der Waals surface area contributed by atoms with Crippen LogP contribution in [-0.2, 0) is 4.79 Å². The predicted molar refractivity (Wildman–Crippen MR) is 59.2 cm³/mol. The summed E-state index contributed by atoms with van der Waals surface area (Å²) in [6.45, 7) is 3.86. The summed E-state index contributed by atoms with van der Waals surface area (Å²) in [6, 6.07) is 8.87. The minimum atomic E-state index is 0.0145. The van der Waals surface area contributed by atoms with Gasteiger partial charge in [0, 0.05) is 11.6 Å². The molecule has 0 aromatic heterocycles. The first-order chi connectivity index (χ1) is 7.17. The van der Waals surface area contributed by atoms with Crippen molar-refractivity contribution in [2.24, 2.45) is 5.92 Å². The second-order valence-electron chi connectivity index (χ2n) is 3.49. The van der Waals surface area contributed by atoms with Gasteiger partial charge in [-0.2, -0.15) is 5.26 Å². The van der Waals surface area contributed by atoms with Crippen LogP contribution in [0.3, 0.4) is 0 Å². The number of hydrogen-bond acceptors (Lipinski definition) is 2. The van der Waals surface area contributed by atoms with Crippen LogP contribution in [0.1, 0.15) is 25.8 Å². The molecule has 1 aromatic carbocycles. The molecule has 1 amide bonds. The molecule has 0 saturated heterocycles. The molecule has 0 unspecified atom stereocenters. The summed E-state index contributed by atoms with van der Waals surface area (Å²) in [5.74, 6) is 0.0304. The Morgan fingerprint density at radius 3 is 2.53 bits per heavy atom. The fraction of sp³-hybridized carbons (Fsp3) is 0.333. The molecule has 1 aromatic rings. The van der Waals surface area contributed by atoms with E-state index in [4.69, 9.17) is 5.26 Å². The Kier molecular flexibility index (Phi) is 3.87. The summed E-state index contributed by atoms with van der Waals surface area (Å²) in [4.78, 5) is 11.5. The summed E-state index contributed by atoms with van der Waals surface area (Å²) in [6.07, 6.45) is 0.822. The van der Waals surface area contributed by atoms with Crippen molar-refractivity contribution >= 4 is 11.6 Å². The lowest BCUT2D eigenvalue weighted by Crippen LogP contribution is -2.19. The SMILES string of the molecule is CC[C@H](C)C(=O)Nc1ccc(C#N)cc1. The predicted octanol–water partition coefficient (Wildman–Crippen LogP) is 2.54. The highest BCUT2D eigenvalue weighted by Gasteiger charge is 2.09. The number of carbonyl (C=O) groups is 1. The van der Waals surface area contributed by atoms with E-state index in [0.29, 0.717) is 5.56 Å². The number of nitrogens with one attached hydrogen (secondary N) is 1. The topological polar surface area (TPSA) is 52.9 Å².